The second-order valence-corrected chi connectivity index (χ2v) is 4.15. The summed E-state index contributed by atoms with van der Waals surface area (Å²) >= 11 is 0. The number of nitrogens with one attached hydrogen (secondary N) is 1. The molecule has 3 nitrogen and oxygen atoms in total. The van der Waals surface area contributed by atoms with Gasteiger partial charge in [0.05, 0.1) is 12.2 Å². The van der Waals surface area contributed by atoms with Crippen LogP contribution in [0.25, 0.3) is 0 Å². The third kappa shape index (κ3) is 5.94. The van der Waals surface area contributed by atoms with Gasteiger partial charge in [0.25, 0.3) is 0 Å². The lowest BCUT2D eigenvalue weighted by molar-refractivity contribution is -0.137. The van der Waals surface area contributed by atoms with E-state index in [1.807, 2.05) is 6.92 Å². The average molecular weight is 277 g/mol. The van der Waals surface area contributed by atoms with Crippen LogP contribution in [-0.4, -0.2) is 32.9 Å². The normalized spacial score (nSPS) is 13.3. The minimum Gasteiger partial charge on any atom is -0.489 e. The Hall–Kier alpha value is -1.27. The SMILES string of the molecule is COCCNCC(C)Oc1ccc(C(F)(F)F)cc1. The maximum atomic E-state index is 12.4. The minimum atomic E-state index is -4.31. The second kappa shape index (κ2) is 7.35. The van der Waals surface area contributed by atoms with E-state index in [-0.39, 0.29) is 6.10 Å². The summed E-state index contributed by atoms with van der Waals surface area (Å²) in [5, 5.41) is 3.11. The van der Waals surface area contributed by atoms with Crippen molar-refractivity contribution in [1.29, 1.82) is 0 Å². The molecule has 0 heterocycles. The van der Waals surface area contributed by atoms with Crippen LogP contribution >= 0.6 is 0 Å². The molecule has 1 rings (SSSR count). The summed E-state index contributed by atoms with van der Waals surface area (Å²) < 4.78 is 47.4. The van der Waals surface area contributed by atoms with Gasteiger partial charge in [-0.1, -0.05) is 0 Å². The highest BCUT2D eigenvalue weighted by Crippen LogP contribution is 2.30. The Morgan fingerprint density at radius 2 is 1.84 bits per heavy atom. The summed E-state index contributed by atoms with van der Waals surface area (Å²) in [5.41, 5.74) is -0.675. The van der Waals surface area contributed by atoms with E-state index in [4.69, 9.17) is 9.47 Å². The first-order valence-electron chi connectivity index (χ1n) is 5.97. The molecule has 0 saturated carbocycles. The molecule has 0 spiro atoms. The number of rotatable bonds is 7. The van der Waals surface area contributed by atoms with Gasteiger partial charge in [-0.25, -0.2) is 0 Å². The predicted molar refractivity (Wildman–Crippen MR) is 66.3 cm³/mol. The van der Waals surface area contributed by atoms with E-state index in [0.29, 0.717) is 25.4 Å². The van der Waals surface area contributed by atoms with Gasteiger partial charge >= 0.3 is 6.18 Å². The van der Waals surface area contributed by atoms with Crippen molar-refractivity contribution in [3.05, 3.63) is 29.8 Å². The standard InChI is InChI=1S/C13H18F3NO2/c1-10(9-17-7-8-18-2)19-12-5-3-11(4-6-12)13(14,15)16/h3-6,10,17H,7-9H2,1-2H3. The fourth-order valence-corrected chi connectivity index (χ4v) is 1.48. The number of alkyl halides is 3. The molecule has 0 amide bonds. The highest BCUT2D eigenvalue weighted by molar-refractivity contribution is 5.28. The summed E-state index contributed by atoms with van der Waals surface area (Å²) in [5.74, 6) is 0.425. The second-order valence-electron chi connectivity index (χ2n) is 4.15. The van der Waals surface area contributed by atoms with Crippen LogP contribution in [0, 0.1) is 0 Å². The molecule has 0 fully saturated rings. The van der Waals surface area contributed by atoms with Crippen molar-refractivity contribution < 1.29 is 22.6 Å². The monoisotopic (exact) mass is 277 g/mol. The fourth-order valence-electron chi connectivity index (χ4n) is 1.48. The van der Waals surface area contributed by atoms with Crippen molar-refractivity contribution in [2.75, 3.05) is 26.8 Å². The van der Waals surface area contributed by atoms with E-state index >= 15 is 0 Å². The molecule has 1 unspecified atom stereocenters. The quantitative estimate of drug-likeness (QED) is 0.777. The molecule has 1 aromatic rings. The van der Waals surface area contributed by atoms with Crippen molar-refractivity contribution in [2.24, 2.45) is 0 Å². The molecule has 0 radical (unpaired) electrons. The first kappa shape index (κ1) is 15.8. The van der Waals surface area contributed by atoms with E-state index in [0.717, 1.165) is 12.1 Å². The molecule has 0 aromatic heterocycles. The lowest BCUT2D eigenvalue weighted by Crippen LogP contribution is -2.31. The van der Waals surface area contributed by atoms with E-state index < -0.39 is 11.7 Å². The number of hydrogen-bond donors (Lipinski definition) is 1. The lowest BCUT2D eigenvalue weighted by atomic mass is 10.2. The molecule has 6 heteroatoms. The number of methoxy groups -OCH3 is 1. The van der Waals surface area contributed by atoms with Crippen LogP contribution < -0.4 is 10.1 Å². The molecular formula is C13H18F3NO2. The van der Waals surface area contributed by atoms with Gasteiger partial charge in [0.15, 0.2) is 0 Å². The third-order valence-electron chi connectivity index (χ3n) is 2.43. The van der Waals surface area contributed by atoms with E-state index in [9.17, 15) is 13.2 Å². The van der Waals surface area contributed by atoms with Gasteiger partial charge in [0.1, 0.15) is 11.9 Å². The number of ether oxygens (including phenoxy) is 2. The first-order chi connectivity index (χ1) is 8.93. The van der Waals surface area contributed by atoms with Crippen molar-refractivity contribution in [1.82, 2.24) is 5.32 Å². The molecule has 1 atom stereocenters. The number of benzene rings is 1. The molecule has 0 aliphatic carbocycles. The van der Waals surface area contributed by atoms with Crippen molar-refractivity contribution in [3.8, 4) is 5.75 Å². The zero-order valence-electron chi connectivity index (χ0n) is 11.0. The molecule has 0 aliphatic heterocycles. The maximum absolute atomic E-state index is 12.4. The van der Waals surface area contributed by atoms with Gasteiger partial charge < -0.3 is 14.8 Å². The average Bonchev–Trinajstić information content (AvgIpc) is 2.34. The van der Waals surface area contributed by atoms with Crippen LogP contribution in [-0.2, 0) is 10.9 Å². The number of hydrogen-bond acceptors (Lipinski definition) is 3. The first-order valence-corrected chi connectivity index (χ1v) is 5.97. The molecule has 0 saturated heterocycles. The molecular weight excluding hydrogens is 259 g/mol. The summed E-state index contributed by atoms with van der Waals surface area (Å²) in [7, 11) is 1.61. The van der Waals surface area contributed by atoms with Crippen LogP contribution in [0.2, 0.25) is 0 Å². The Labute approximate surface area is 110 Å². The molecule has 0 bridgehead atoms. The van der Waals surface area contributed by atoms with Crippen LogP contribution in [0.3, 0.4) is 0 Å². The molecule has 1 aromatic carbocycles. The van der Waals surface area contributed by atoms with Gasteiger partial charge in [0, 0.05) is 20.2 Å². The Balaban J connectivity index is 2.40. The van der Waals surface area contributed by atoms with Crippen molar-refractivity contribution >= 4 is 0 Å². The highest BCUT2D eigenvalue weighted by atomic mass is 19.4. The molecule has 19 heavy (non-hydrogen) atoms. The van der Waals surface area contributed by atoms with Crippen LogP contribution in [0.15, 0.2) is 24.3 Å². The lowest BCUT2D eigenvalue weighted by Gasteiger charge is -2.16. The number of halogens is 3. The van der Waals surface area contributed by atoms with Crippen LogP contribution in [0.4, 0.5) is 13.2 Å². The topological polar surface area (TPSA) is 30.5 Å². The molecule has 108 valence electrons. The summed E-state index contributed by atoms with van der Waals surface area (Å²) in [6.07, 6.45) is -4.44. The predicted octanol–water partition coefficient (Wildman–Crippen LogP) is 2.71. The zero-order chi connectivity index (χ0) is 14.3. The van der Waals surface area contributed by atoms with Crippen LogP contribution in [0.1, 0.15) is 12.5 Å². The molecule has 1 N–H and O–H groups in total. The summed E-state index contributed by atoms with van der Waals surface area (Å²) in [4.78, 5) is 0. The van der Waals surface area contributed by atoms with E-state index in [1.165, 1.54) is 12.1 Å². The largest absolute Gasteiger partial charge is 0.489 e. The maximum Gasteiger partial charge on any atom is 0.416 e. The van der Waals surface area contributed by atoms with Gasteiger partial charge in [-0.3, -0.25) is 0 Å². The Kier molecular flexibility index (Phi) is 6.11. The van der Waals surface area contributed by atoms with E-state index in [1.54, 1.807) is 7.11 Å². The van der Waals surface area contributed by atoms with Gasteiger partial charge in [0.2, 0.25) is 0 Å². The highest BCUT2D eigenvalue weighted by Gasteiger charge is 2.30. The summed E-state index contributed by atoms with van der Waals surface area (Å²) in [6, 6.07) is 4.68. The van der Waals surface area contributed by atoms with Gasteiger partial charge in [-0.15, -0.1) is 0 Å². The minimum absolute atomic E-state index is 0.131. The Bertz CT molecular complexity index is 365. The fraction of sp³-hybridized carbons (Fsp3) is 0.538. The van der Waals surface area contributed by atoms with E-state index in [2.05, 4.69) is 5.32 Å². The van der Waals surface area contributed by atoms with Crippen molar-refractivity contribution in [2.45, 2.75) is 19.2 Å². The summed E-state index contributed by atoms with van der Waals surface area (Å²) in [6.45, 7) is 3.76. The van der Waals surface area contributed by atoms with Gasteiger partial charge in [-0.05, 0) is 31.2 Å². The smallest absolute Gasteiger partial charge is 0.416 e. The Morgan fingerprint density at radius 3 is 2.37 bits per heavy atom. The molecule has 0 aliphatic rings. The van der Waals surface area contributed by atoms with Crippen LogP contribution in [0.5, 0.6) is 5.75 Å². The Morgan fingerprint density at radius 1 is 1.21 bits per heavy atom. The van der Waals surface area contributed by atoms with Gasteiger partial charge in [-0.2, -0.15) is 13.2 Å². The third-order valence-corrected chi connectivity index (χ3v) is 2.43. The van der Waals surface area contributed by atoms with Crippen molar-refractivity contribution in [3.63, 3.8) is 0 Å². The zero-order valence-corrected chi connectivity index (χ0v) is 11.0.